The van der Waals surface area contributed by atoms with Crippen molar-refractivity contribution in [3.8, 4) is 11.3 Å². The van der Waals surface area contributed by atoms with Gasteiger partial charge >= 0.3 is 0 Å². The van der Waals surface area contributed by atoms with Crippen molar-refractivity contribution in [1.82, 2.24) is 4.98 Å². The summed E-state index contributed by atoms with van der Waals surface area (Å²) in [5.41, 5.74) is 11.4. The third-order valence-corrected chi connectivity index (χ3v) is 4.33. The number of nitrogens with two attached hydrogens (primary N) is 1. The zero-order valence-electron chi connectivity index (χ0n) is 13.8. The van der Waals surface area contributed by atoms with E-state index in [1.165, 1.54) is 11.1 Å². The molecule has 0 aliphatic heterocycles. The summed E-state index contributed by atoms with van der Waals surface area (Å²) in [6.07, 6.45) is 0. The first-order valence-corrected chi connectivity index (χ1v) is 8.63. The van der Waals surface area contributed by atoms with Crippen molar-refractivity contribution in [2.45, 2.75) is 20.4 Å². The second kappa shape index (κ2) is 7.27. The van der Waals surface area contributed by atoms with E-state index in [9.17, 15) is 0 Å². The van der Waals surface area contributed by atoms with Crippen molar-refractivity contribution in [1.29, 1.82) is 0 Å². The van der Waals surface area contributed by atoms with Gasteiger partial charge < -0.3 is 11.1 Å². The largest absolute Gasteiger partial charge is 0.370 e. The SMILES string of the molecule is Cc1cc(C)cc(NC(N)=NCc2nc(-c3ccccc3)cs2)c1. The molecule has 3 N–H and O–H groups in total. The van der Waals surface area contributed by atoms with Gasteiger partial charge in [-0.05, 0) is 37.1 Å². The fraction of sp³-hybridized carbons (Fsp3) is 0.158. The number of rotatable bonds is 4. The smallest absolute Gasteiger partial charge is 0.193 e. The van der Waals surface area contributed by atoms with Crippen LogP contribution < -0.4 is 11.1 Å². The van der Waals surface area contributed by atoms with Crippen LogP contribution in [0.1, 0.15) is 16.1 Å². The molecule has 1 aromatic heterocycles. The lowest BCUT2D eigenvalue weighted by atomic mass is 10.1. The molecule has 2 aromatic carbocycles. The summed E-state index contributed by atoms with van der Waals surface area (Å²) in [6, 6.07) is 16.4. The maximum Gasteiger partial charge on any atom is 0.193 e. The van der Waals surface area contributed by atoms with Crippen LogP contribution in [-0.4, -0.2) is 10.9 Å². The third-order valence-electron chi connectivity index (χ3n) is 3.50. The first kappa shape index (κ1) is 16.2. The standard InChI is InChI=1S/C19H20N4S/c1-13-8-14(2)10-16(9-13)22-19(20)21-11-18-23-17(12-24-18)15-6-4-3-5-7-15/h3-10,12H,11H2,1-2H3,(H3,20,21,22). The van der Waals surface area contributed by atoms with Crippen molar-refractivity contribution < 1.29 is 0 Å². The predicted octanol–water partition coefficient (Wildman–Crippen LogP) is 4.35. The average molecular weight is 336 g/mol. The van der Waals surface area contributed by atoms with Crippen molar-refractivity contribution in [2.75, 3.05) is 5.32 Å². The normalized spacial score (nSPS) is 11.5. The molecule has 3 aromatic rings. The molecule has 0 atom stereocenters. The van der Waals surface area contributed by atoms with Gasteiger partial charge in [0.1, 0.15) is 5.01 Å². The van der Waals surface area contributed by atoms with Crippen LogP contribution >= 0.6 is 11.3 Å². The summed E-state index contributed by atoms with van der Waals surface area (Å²) in [5, 5.41) is 6.13. The van der Waals surface area contributed by atoms with Gasteiger partial charge in [-0.1, -0.05) is 36.4 Å². The Balaban J connectivity index is 1.66. The van der Waals surface area contributed by atoms with E-state index in [-0.39, 0.29) is 0 Å². The molecule has 0 radical (unpaired) electrons. The summed E-state index contributed by atoms with van der Waals surface area (Å²) < 4.78 is 0. The van der Waals surface area contributed by atoms with Gasteiger partial charge in [0.05, 0.1) is 12.2 Å². The molecule has 3 rings (SSSR count). The Morgan fingerprint density at radius 2 is 1.83 bits per heavy atom. The number of thiazole rings is 1. The van der Waals surface area contributed by atoms with Crippen molar-refractivity contribution >= 4 is 23.0 Å². The highest BCUT2D eigenvalue weighted by molar-refractivity contribution is 7.09. The van der Waals surface area contributed by atoms with E-state index >= 15 is 0 Å². The Bertz CT molecular complexity index is 833. The van der Waals surface area contributed by atoms with Crippen LogP contribution in [-0.2, 0) is 6.54 Å². The number of benzene rings is 2. The Kier molecular flexibility index (Phi) is 4.91. The lowest BCUT2D eigenvalue weighted by Crippen LogP contribution is -2.22. The number of nitrogens with zero attached hydrogens (tertiary/aromatic N) is 2. The average Bonchev–Trinajstić information content (AvgIpc) is 3.02. The van der Waals surface area contributed by atoms with Crippen LogP contribution in [0.15, 0.2) is 58.9 Å². The summed E-state index contributed by atoms with van der Waals surface area (Å²) in [6.45, 7) is 4.60. The van der Waals surface area contributed by atoms with Crippen LogP contribution in [0.4, 0.5) is 5.69 Å². The molecule has 1 heterocycles. The maximum absolute atomic E-state index is 5.99. The van der Waals surface area contributed by atoms with E-state index in [0.717, 1.165) is 22.0 Å². The quantitative estimate of drug-likeness (QED) is 0.550. The minimum Gasteiger partial charge on any atom is -0.370 e. The molecule has 24 heavy (non-hydrogen) atoms. The second-order valence-electron chi connectivity index (χ2n) is 5.70. The second-order valence-corrected chi connectivity index (χ2v) is 6.64. The number of aryl methyl sites for hydroxylation is 2. The molecule has 122 valence electrons. The summed E-state index contributed by atoms with van der Waals surface area (Å²) in [4.78, 5) is 9.00. The van der Waals surface area contributed by atoms with Gasteiger partial charge in [0.2, 0.25) is 0 Å². The van der Waals surface area contributed by atoms with Gasteiger partial charge in [0.15, 0.2) is 5.96 Å². The topological polar surface area (TPSA) is 63.3 Å². The minimum absolute atomic E-state index is 0.400. The van der Waals surface area contributed by atoms with Gasteiger partial charge in [-0.2, -0.15) is 0 Å². The van der Waals surface area contributed by atoms with E-state index in [2.05, 4.69) is 47.3 Å². The first-order valence-electron chi connectivity index (χ1n) is 7.75. The van der Waals surface area contributed by atoms with Crippen LogP contribution in [0.3, 0.4) is 0 Å². The van der Waals surface area contributed by atoms with Crippen LogP contribution in [0, 0.1) is 13.8 Å². The monoisotopic (exact) mass is 336 g/mol. The maximum atomic E-state index is 5.99. The molecular weight excluding hydrogens is 316 g/mol. The lowest BCUT2D eigenvalue weighted by molar-refractivity contribution is 1.03. The van der Waals surface area contributed by atoms with Gasteiger partial charge in [0.25, 0.3) is 0 Å². The summed E-state index contributed by atoms with van der Waals surface area (Å²) in [5.74, 6) is 0.400. The number of aromatic nitrogens is 1. The molecule has 5 heteroatoms. The van der Waals surface area contributed by atoms with E-state index < -0.39 is 0 Å². The fourth-order valence-corrected chi connectivity index (χ4v) is 3.24. The number of aliphatic imine (C=N–C) groups is 1. The first-order chi connectivity index (χ1) is 11.6. The van der Waals surface area contributed by atoms with Gasteiger partial charge in [0, 0.05) is 16.6 Å². The highest BCUT2D eigenvalue weighted by Crippen LogP contribution is 2.22. The zero-order valence-corrected chi connectivity index (χ0v) is 14.6. The third kappa shape index (κ3) is 4.20. The number of nitrogens with one attached hydrogen (secondary N) is 1. The van der Waals surface area contributed by atoms with E-state index in [1.807, 2.05) is 35.7 Å². The highest BCUT2D eigenvalue weighted by Gasteiger charge is 2.04. The number of hydrogen-bond acceptors (Lipinski definition) is 3. The highest BCUT2D eigenvalue weighted by atomic mass is 32.1. The van der Waals surface area contributed by atoms with Gasteiger partial charge in [-0.25, -0.2) is 9.98 Å². The Morgan fingerprint density at radius 1 is 1.12 bits per heavy atom. The van der Waals surface area contributed by atoms with Crippen LogP contribution in [0.5, 0.6) is 0 Å². The van der Waals surface area contributed by atoms with Crippen molar-refractivity contribution in [3.05, 3.63) is 70.0 Å². The Hall–Kier alpha value is -2.66. The molecule has 0 spiro atoms. The van der Waals surface area contributed by atoms with Crippen molar-refractivity contribution in [2.24, 2.45) is 10.7 Å². The van der Waals surface area contributed by atoms with E-state index in [4.69, 9.17) is 5.73 Å². The minimum atomic E-state index is 0.400. The molecule has 0 fully saturated rings. The number of anilines is 1. The summed E-state index contributed by atoms with van der Waals surface area (Å²) >= 11 is 1.60. The lowest BCUT2D eigenvalue weighted by Gasteiger charge is -2.07. The fourth-order valence-electron chi connectivity index (χ4n) is 2.51. The van der Waals surface area contributed by atoms with Gasteiger partial charge in [-0.3, -0.25) is 0 Å². The van der Waals surface area contributed by atoms with E-state index in [1.54, 1.807) is 11.3 Å². The number of hydrogen-bond donors (Lipinski definition) is 2. The molecule has 0 amide bonds. The molecule has 0 aliphatic rings. The predicted molar refractivity (Wildman–Crippen MR) is 102 cm³/mol. The molecule has 4 nitrogen and oxygen atoms in total. The molecule has 0 aliphatic carbocycles. The molecular formula is C19H20N4S. The van der Waals surface area contributed by atoms with Crippen LogP contribution in [0.25, 0.3) is 11.3 Å². The molecule has 0 saturated carbocycles. The van der Waals surface area contributed by atoms with Crippen LogP contribution in [0.2, 0.25) is 0 Å². The number of guanidine groups is 1. The Morgan fingerprint density at radius 3 is 2.54 bits per heavy atom. The van der Waals surface area contributed by atoms with Crippen molar-refractivity contribution in [3.63, 3.8) is 0 Å². The Labute approximate surface area is 146 Å². The summed E-state index contributed by atoms with van der Waals surface area (Å²) in [7, 11) is 0. The zero-order chi connectivity index (χ0) is 16.9. The molecule has 0 bridgehead atoms. The van der Waals surface area contributed by atoms with E-state index in [0.29, 0.717) is 12.5 Å². The molecule has 0 saturated heterocycles. The van der Waals surface area contributed by atoms with Gasteiger partial charge in [-0.15, -0.1) is 11.3 Å². The molecule has 0 unspecified atom stereocenters.